The van der Waals surface area contributed by atoms with Crippen LogP contribution in [0, 0.1) is 11.3 Å². The molecular weight excluding hydrogens is 194 g/mol. The van der Waals surface area contributed by atoms with Gasteiger partial charge >= 0.3 is 0 Å². The number of rotatable bonds is 3. The Morgan fingerprint density at radius 3 is 2.86 bits per heavy atom. The fourth-order valence-electron chi connectivity index (χ4n) is 1.19. The highest BCUT2D eigenvalue weighted by atomic mass is 32.2. The van der Waals surface area contributed by atoms with Crippen LogP contribution < -0.4 is 4.74 Å². The van der Waals surface area contributed by atoms with Crippen molar-refractivity contribution in [2.75, 3.05) is 6.26 Å². The van der Waals surface area contributed by atoms with Crippen molar-refractivity contribution in [2.45, 2.75) is 23.8 Å². The first kappa shape index (κ1) is 9.42. The van der Waals surface area contributed by atoms with Crippen molar-refractivity contribution in [2.24, 2.45) is 0 Å². The van der Waals surface area contributed by atoms with Gasteiger partial charge in [0.25, 0.3) is 0 Å². The maximum absolute atomic E-state index is 8.93. The summed E-state index contributed by atoms with van der Waals surface area (Å²) in [7, 11) is 0. The van der Waals surface area contributed by atoms with Crippen LogP contribution in [-0.2, 0) is 0 Å². The van der Waals surface area contributed by atoms with Crippen LogP contribution in [-0.4, -0.2) is 12.4 Å². The molecule has 0 radical (unpaired) electrons. The average molecular weight is 205 g/mol. The molecule has 2 nitrogen and oxygen atoms in total. The molecule has 0 N–H and O–H groups in total. The van der Waals surface area contributed by atoms with Crippen molar-refractivity contribution in [3.63, 3.8) is 0 Å². The van der Waals surface area contributed by atoms with Gasteiger partial charge < -0.3 is 4.74 Å². The van der Waals surface area contributed by atoms with Crippen LogP contribution >= 0.6 is 11.8 Å². The quantitative estimate of drug-likeness (QED) is 0.711. The van der Waals surface area contributed by atoms with E-state index < -0.39 is 0 Å². The molecule has 1 aromatic carbocycles. The van der Waals surface area contributed by atoms with Crippen LogP contribution in [0.5, 0.6) is 5.75 Å². The van der Waals surface area contributed by atoms with E-state index in [9.17, 15) is 0 Å². The third-order valence-corrected chi connectivity index (χ3v) is 2.85. The van der Waals surface area contributed by atoms with Gasteiger partial charge in [-0.25, -0.2) is 0 Å². The van der Waals surface area contributed by atoms with Gasteiger partial charge in [-0.1, -0.05) is 0 Å². The molecule has 1 fully saturated rings. The van der Waals surface area contributed by atoms with E-state index in [1.807, 2.05) is 24.5 Å². The third kappa shape index (κ3) is 2.02. The topological polar surface area (TPSA) is 33.0 Å². The molecule has 0 aliphatic heterocycles. The summed E-state index contributed by atoms with van der Waals surface area (Å²) in [6.45, 7) is 0. The van der Waals surface area contributed by atoms with Crippen LogP contribution in [0.15, 0.2) is 23.1 Å². The lowest BCUT2D eigenvalue weighted by Gasteiger charge is -2.06. The lowest BCUT2D eigenvalue weighted by Crippen LogP contribution is -1.97. The Balaban J connectivity index is 2.25. The molecule has 1 saturated carbocycles. The zero-order valence-electron chi connectivity index (χ0n) is 7.99. The molecule has 1 aliphatic carbocycles. The fraction of sp³-hybridized carbons (Fsp3) is 0.364. The van der Waals surface area contributed by atoms with Crippen molar-refractivity contribution < 1.29 is 4.74 Å². The van der Waals surface area contributed by atoms with Gasteiger partial charge in [0.05, 0.1) is 11.7 Å². The summed E-state index contributed by atoms with van der Waals surface area (Å²) in [5.74, 6) is 0.729. The molecular formula is C11H11NOS. The summed E-state index contributed by atoms with van der Waals surface area (Å²) < 4.78 is 5.62. The molecule has 2 rings (SSSR count). The first-order valence-electron chi connectivity index (χ1n) is 4.58. The van der Waals surface area contributed by atoms with E-state index >= 15 is 0 Å². The van der Waals surface area contributed by atoms with Gasteiger partial charge in [-0.2, -0.15) is 5.26 Å². The lowest BCUT2D eigenvalue weighted by atomic mass is 10.2. The van der Waals surface area contributed by atoms with Crippen LogP contribution in [0.25, 0.3) is 0 Å². The average Bonchev–Trinajstić information content (AvgIpc) is 3.02. The number of benzene rings is 1. The first-order valence-corrected chi connectivity index (χ1v) is 5.81. The Morgan fingerprint density at radius 1 is 1.50 bits per heavy atom. The van der Waals surface area contributed by atoms with Gasteiger partial charge in [0.15, 0.2) is 0 Å². The second kappa shape index (κ2) is 3.93. The number of nitriles is 1. The van der Waals surface area contributed by atoms with Crippen molar-refractivity contribution in [3.05, 3.63) is 23.8 Å². The van der Waals surface area contributed by atoms with E-state index in [4.69, 9.17) is 10.00 Å². The van der Waals surface area contributed by atoms with Crippen molar-refractivity contribution in [1.29, 1.82) is 5.26 Å². The Bertz CT molecular complexity index is 379. The smallest absolute Gasteiger partial charge is 0.137 e. The monoisotopic (exact) mass is 205 g/mol. The summed E-state index contributed by atoms with van der Waals surface area (Å²) in [5, 5.41) is 8.93. The number of hydrogen-bond acceptors (Lipinski definition) is 3. The predicted molar refractivity (Wildman–Crippen MR) is 56.6 cm³/mol. The number of ether oxygens (including phenoxy) is 1. The SMILES string of the molecule is CSc1ccc(OC2CC2)c(C#N)c1. The van der Waals surface area contributed by atoms with E-state index in [1.165, 1.54) is 0 Å². The van der Waals surface area contributed by atoms with Crippen LogP contribution in [0.3, 0.4) is 0 Å². The van der Waals surface area contributed by atoms with Gasteiger partial charge in [0.2, 0.25) is 0 Å². The number of hydrogen-bond donors (Lipinski definition) is 0. The van der Waals surface area contributed by atoms with Gasteiger partial charge in [-0.15, -0.1) is 11.8 Å². The molecule has 14 heavy (non-hydrogen) atoms. The highest BCUT2D eigenvalue weighted by Crippen LogP contribution is 2.30. The lowest BCUT2D eigenvalue weighted by molar-refractivity contribution is 0.302. The second-order valence-corrected chi connectivity index (χ2v) is 4.17. The molecule has 0 unspecified atom stereocenters. The van der Waals surface area contributed by atoms with E-state index in [0.717, 1.165) is 23.5 Å². The number of nitrogens with zero attached hydrogens (tertiary/aromatic N) is 1. The standard InChI is InChI=1S/C11H11NOS/c1-14-10-4-5-11(8(6-10)7-12)13-9-2-3-9/h4-6,9H,2-3H2,1H3. The number of thioether (sulfide) groups is 1. The van der Waals surface area contributed by atoms with Crippen molar-refractivity contribution in [1.82, 2.24) is 0 Å². The highest BCUT2D eigenvalue weighted by Gasteiger charge is 2.24. The molecule has 1 aromatic rings. The zero-order chi connectivity index (χ0) is 9.97. The van der Waals surface area contributed by atoms with Gasteiger partial charge in [-0.3, -0.25) is 0 Å². The van der Waals surface area contributed by atoms with Gasteiger partial charge in [0, 0.05) is 4.90 Å². The summed E-state index contributed by atoms with van der Waals surface area (Å²) in [6, 6.07) is 7.92. The Kier molecular flexibility index (Phi) is 2.64. The Hall–Kier alpha value is -1.14. The Morgan fingerprint density at radius 2 is 2.29 bits per heavy atom. The molecule has 72 valence electrons. The van der Waals surface area contributed by atoms with E-state index in [1.54, 1.807) is 11.8 Å². The predicted octanol–water partition coefficient (Wildman–Crippen LogP) is 2.82. The first-order chi connectivity index (χ1) is 6.83. The van der Waals surface area contributed by atoms with Crippen LogP contribution in [0.4, 0.5) is 0 Å². The van der Waals surface area contributed by atoms with E-state index in [-0.39, 0.29) is 0 Å². The largest absolute Gasteiger partial charge is 0.489 e. The minimum atomic E-state index is 0.349. The maximum Gasteiger partial charge on any atom is 0.137 e. The molecule has 0 heterocycles. The molecule has 3 heteroatoms. The molecule has 0 amide bonds. The van der Waals surface area contributed by atoms with Gasteiger partial charge in [-0.05, 0) is 37.3 Å². The minimum Gasteiger partial charge on any atom is -0.489 e. The zero-order valence-corrected chi connectivity index (χ0v) is 8.80. The molecule has 0 aromatic heterocycles. The fourth-order valence-corrected chi connectivity index (χ4v) is 1.63. The van der Waals surface area contributed by atoms with Crippen molar-refractivity contribution >= 4 is 11.8 Å². The minimum absolute atomic E-state index is 0.349. The molecule has 0 saturated heterocycles. The molecule has 1 aliphatic rings. The molecule has 0 bridgehead atoms. The van der Waals surface area contributed by atoms with Crippen LogP contribution in [0.1, 0.15) is 18.4 Å². The second-order valence-electron chi connectivity index (χ2n) is 3.29. The normalized spacial score (nSPS) is 14.9. The van der Waals surface area contributed by atoms with E-state index in [0.29, 0.717) is 11.7 Å². The highest BCUT2D eigenvalue weighted by molar-refractivity contribution is 7.98. The Labute approximate surface area is 87.9 Å². The van der Waals surface area contributed by atoms with Gasteiger partial charge in [0.1, 0.15) is 11.8 Å². The summed E-state index contributed by atoms with van der Waals surface area (Å²) in [5.41, 5.74) is 0.642. The summed E-state index contributed by atoms with van der Waals surface area (Å²) in [4.78, 5) is 1.10. The molecule has 0 atom stereocenters. The van der Waals surface area contributed by atoms with Crippen molar-refractivity contribution in [3.8, 4) is 11.8 Å². The molecule has 0 spiro atoms. The maximum atomic E-state index is 8.93. The third-order valence-electron chi connectivity index (χ3n) is 2.13. The van der Waals surface area contributed by atoms with E-state index in [2.05, 4.69) is 6.07 Å². The van der Waals surface area contributed by atoms with Crippen LogP contribution in [0.2, 0.25) is 0 Å². The summed E-state index contributed by atoms with van der Waals surface area (Å²) in [6.07, 6.45) is 4.59. The summed E-state index contributed by atoms with van der Waals surface area (Å²) >= 11 is 1.63.